The summed E-state index contributed by atoms with van der Waals surface area (Å²) in [6.07, 6.45) is 0.646. The van der Waals surface area contributed by atoms with Crippen LogP contribution in [0.25, 0.3) is 0 Å². The Balaban J connectivity index is 2.42. The molecular weight excluding hydrogens is 254 g/mol. The number of carbonyl (C=O) groups excluding carboxylic acids is 1. The number of hydrogen-bond donors (Lipinski definition) is 1. The van der Waals surface area contributed by atoms with Crippen LogP contribution in [0.3, 0.4) is 0 Å². The molecule has 0 saturated carbocycles. The number of thiophene rings is 1. The maximum absolute atomic E-state index is 12.0. The maximum Gasteiger partial charge on any atom is 0.233 e. The van der Waals surface area contributed by atoms with Gasteiger partial charge in [-0.1, -0.05) is 6.07 Å². The van der Waals surface area contributed by atoms with Gasteiger partial charge in [0.25, 0.3) is 0 Å². The van der Waals surface area contributed by atoms with Crippen LogP contribution in [0.4, 0.5) is 0 Å². The molecule has 0 saturated heterocycles. The number of aliphatic hydroxyl groups excluding tert-OH is 1. The topological polar surface area (TPSA) is 40.5 Å². The molecule has 3 nitrogen and oxygen atoms in total. The second-order valence-corrected chi connectivity index (χ2v) is 6.20. The number of carbonyl (C=O) groups is 1. The Morgan fingerprint density at radius 3 is 2.88 bits per heavy atom. The zero-order valence-electron chi connectivity index (χ0n) is 10.3. The van der Waals surface area contributed by atoms with Crippen molar-refractivity contribution in [2.24, 2.45) is 0 Å². The van der Waals surface area contributed by atoms with Crippen LogP contribution >= 0.6 is 23.1 Å². The highest BCUT2D eigenvalue weighted by Crippen LogP contribution is 2.23. The first-order valence-electron chi connectivity index (χ1n) is 5.71. The minimum atomic E-state index is 0.133. The molecular formula is C12H19NO2S2. The van der Waals surface area contributed by atoms with Crippen molar-refractivity contribution in [1.82, 2.24) is 4.90 Å². The van der Waals surface area contributed by atoms with Crippen LogP contribution in [0, 0.1) is 0 Å². The summed E-state index contributed by atoms with van der Waals surface area (Å²) in [6, 6.07) is 4.21. The minimum absolute atomic E-state index is 0.133. The lowest BCUT2D eigenvalue weighted by Crippen LogP contribution is -2.39. The third kappa shape index (κ3) is 5.10. The largest absolute Gasteiger partial charge is 0.396 e. The van der Waals surface area contributed by atoms with E-state index in [0.717, 1.165) is 0 Å². The number of nitrogens with zero attached hydrogens (tertiary/aromatic N) is 1. The van der Waals surface area contributed by atoms with Gasteiger partial charge in [-0.15, -0.1) is 23.1 Å². The van der Waals surface area contributed by atoms with Crippen molar-refractivity contribution in [2.45, 2.75) is 30.5 Å². The highest BCUT2D eigenvalue weighted by atomic mass is 32.2. The first-order valence-corrected chi connectivity index (χ1v) is 7.58. The minimum Gasteiger partial charge on any atom is -0.396 e. The molecule has 0 bridgehead atoms. The molecule has 0 spiro atoms. The molecule has 1 aromatic rings. The Bertz CT molecular complexity index is 325. The molecule has 96 valence electrons. The van der Waals surface area contributed by atoms with E-state index < -0.39 is 0 Å². The van der Waals surface area contributed by atoms with Crippen LogP contribution in [-0.4, -0.2) is 40.9 Å². The first-order chi connectivity index (χ1) is 8.15. The van der Waals surface area contributed by atoms with E-state index in [1.54, 1.807) is 23.1 Å². The van der Waals surface area contributed by atoms with E-state index in [2.05, 4.69) is 0 Å². The Morgan fingerprint density at radius 1 is 1.59 bits per heavy atom. The normalized spacial score (nSPS) is 10.8. The summed E-state index contributed by atoms with van der Waals surface area (Å²) in [5, 5.41) is 10.8. The van der Waals surface area contributed by atoms with Gasteiger partial charge in [-0.3, -0.25) is 4.79 Å². The predicted molar refractivity (Wildman–Crippen MR) is 73.6 cm³/mol. The lowest BCUT2D eigenvalue weighted by Gasteiger charge is -2.26. The van der Waals surface area contributed by atoms with E-state index in [-0.39, 0.29) is 18.6 Å². The average Bonchev–Trinajstić information content (AvgIpc) is 2.79. The summed E-state index contributed by atoms with van der Waals surface area (Å²) in [5.41, 5.74) is 0. The van der Waals surface area contributed by atoms with Gasteiger partial charge in [0.05, 0.1) is 9.96 Å². The summed E-state index contributed by atoms with van der Waals surface area (Å²) in [4.78, 5) is 13.8. The number of amides is 1. The van der Waals surface area contributed by atoms with Gasteiger partial charge in [0.15, 0.2) is 0 Å². The van der Waals surface area contributed by atoms with Crippen LogP contribution in [0.1, 0.15) is 20.3 Å². The van der Waals surface area contributed by atoms with E-state index in [0.29, 0.717) is 18.7 Å². The third-order valence-corrected chi connectivity index (χ3v) is 4.45. The number of thioether (sulfide) groups is 1. The van der Waals surface area contributed by atoms with Crippen LogP contribution in [0.5, 0.6) is 0 Å². The van der Waals surface area contributed by atoms with Crippen molar-refractivity contribution < 1.29 is 9.90 Å². The van der Waals surface area contributed by atoms with Crippen LogP contribution in [0.2, 0.25) is 0 Å². The quantitative estimate of drug-likeness (QED) is 0.776. The Hall–Kier alpha value is -0.520. The second kappa shape index (κ2) is 7.74. The summed E-state index contributed by atoms with van der Waals surface area (Å²) >= 11 is 3.23. The Morgan fingerprint density at radius 2 is 2.35 bits per heavy atom. The highest BCUT2D eigenvalue weighted by molar-refractivity contribution is 8.01. The molecule has 1 amide bonds. The lowest BCUT2D eigenvalue weighted by molar-refractivity contribution is -0.130. The van der Waals surface area contributed by atoms with Crippen molar-refractivity contribution in [3.8, 4) is 0 Å². The van der Waals surface area contributed by atoms with Gasteiger partial charge in [0.2, 0.25) is 5.91 Å². The zero-order chi connectivity index (χ0) is 12.7. The summed E-state index contributed by atoms with van der Waals surface area (Å²) in [7, 11) is 0. The van der Waals surface area contributed by atoms with Gasteiger partial charge < -0.3 is 10.0 Å². The van der Waals surface area contributed by atoms with Crippen LogP contribution in [0.15, 0.2) is 21.7 Å². The van der Waals surface area contributed by atoms with Crippen molar-refractivity contribution in [3.63, 3.8) is 0 Å². The molecule has 0 aliphatic rings. The monoisotopic (exact) mass is 273 g/mol. The Labute approximate surface area is 111 Å². The fraction of sp³-hybridized carbons (Fsp3) is 0.583. The summed E-state index contributed by atoms with van der Waals surface area (Å²) < 4.78 is 1.17. The molecule has 1 rings (SSSR count). The van der Waals surface area contributed by atoms with Crippen molar-refractivity contribution >= 4 is 29.0 Å². The molecule has 0 aliphatic heterocycles. The summed E-state index contributed by atoms with van der Waals surface area (Å²) in [6.45, 7) is 4.78. The third-order valence-electron chi connectivity index (χ3n) is 2.33. The summed E-state index contributed by atoms with van der Waals surface area (Å²) in [5.74, 6) is 0.622. The van der Waals surface area contributed by atoms with E-state index in [1.165, 1.54) is 4.21 Å². The molecule has 5 heteroatoms. The van der Waals surface area contributed by atoms with E-state index in [4.69, 9.17) is 5.11 Å². The molecule has 1 heterocycles. The van der Waals surface area contributed by atoms with E-state index >= 15 is 0 Å². The molecule has 0 unspecified atom stereocenters. The van der Waals surface area contributed by atoms with Crippen molar-refractivity contribution in [3.05, 3.63) is 17.5 Å². The fourth-order valence-electron chi connectivity index (χ4n) is 1.47. The molecule has 0 aromatic carbocycles. The molecule has 17 heavy (non-hydrogen) atoms. The second-order valence-electron chi connectivity index (χ2n) is 3.98. The average molecular weight is 273 g/mol. The fourth-order valence-corrected chi connectivity index (χ4v) is 3.14. The van der Waals surface area contributed by atoms with Crippen LogP contribution < -0.4 is 0 Å². The van der Waals surface area contributed by atoms with Gasteiger partial charge >= 0.3 is 0 Å². The highest BCUT2D eigenvalue weighted by Gasteiger charge is 2.16. The van der Waals surface area contributed by atoms with Gasteiger partial charge in [-0.2, -0.15) is 0 Å². The van der Waals surface area contributed by atoms with Gasteiger partial charge in [0.1, 0.15) is 0 Å². The first kappa shape index (κ1) is 14.5. The van der Waals surface area contributed by atoms with Crippen molar-refractivity contribution in [2.75, 3.05) is 18.9 Å². The standard InChI is InChI=1S/C12H19NO2S2/c1-10(2)13(6-4-7-14)11(15)9-17-12-5-3-8-16-12/h3,5,8,10,14H,4,6-7,9H2,1-2H3. The predicted octanol–water partition coefficient (Wildman–Crippen LogP) is 2.46. The van der Waals surface area contributed by atoms with E-state index in [1.807, 2.05) is 36.3 Å². The number of rotatable bonds is 7. The molecule has 0 radical (unpaired) electrons. The molecule has 1 aromatic heterocycles. The maximum atomic E-state index is 12.0. The van der Waals surface area contributed by atoms with E-state index in [9.17, 15) is 4.79 Å². The molecule has 0 fully saturated rings. The molecule has 0 atom stereocenters. The van der Waals surface area contributed by atoms with Crippen molar-refractivity contribution in [1.29, 1.82) is 0 Å². The van der Waals surface area contributed by atoms with Gasteiger partial charge in [0, 0.05) is 19.2 Å². The lowest BCUT2D eigenvalue weighted by atomic mass is 10.3. The SMILES string of the molecule is CC(C)N(CCCO)C(=O)CSc1cccs1. The number of hydrogen-bond acceptors (Lipinski definition) is 4. The van der Waals surface area contributed by atoms with Gasteiger partial charge in [-0.05, 0) is 31.7 Å². The number of aliphatic hydroxyl groups is 1. The zero-order valence-corrected chi connectivity index (χ0v) is 11.9. The van der Waals surface area contributed by atoms with Crippen LogP contribution in [-0.2, 0) is 4.79 Å². The molecule has 1 N–H and O–H groups in total. The Kier molecular flexibility index (Phi) is 6.62. The molecule has 0 aliphatic carbocycles. The smallest absolute Gasteiger partial charge is 0.233 e. The van der Waals surface area contributed by atoms with Gasteiger partial charge in [-0.25, -0.2) is 0 Å².